The van der Waals surface area contributed by atoms with Gasteiger partial charge in [0.2, 0.25) is 0 Å². The normalized spacial score (nSPS) is 25.6. The Bertz CT molecular complexity index is 474. The van der Waals surface area contributed by atoms with Crippen LogP contribution < -0.4 is 5.32 Å². The van der Waals surface area contributed by atoms with Crippen LogP contribution in [0.4, 0.5) is 0 Å². The van der Waals surface area contributed by atoms with Gasteiger partial charge in [-0.15, -0.1) is 0 Å². The van der Waals surface area contributed by atoms with Crippen molar-refractivity contribution in [2.75, 3.05) is 13.1 Å². The summed E-state index contributed by atoms with van der Waals surface area (Å²) in [4.78, 5) is 2.68. The number of hydrogen-bond acceptors (Lipinski definition) is 3. The fraction of sp³-hybridized carbons (Fsp3) is 0.684. The zero-order chi connectivity index (χ0) is 15.4. The molecular weight excluding hydrogens is 272 g/mol. The first-order valence-electron chi connectivity index (χ1n) is 8.87. The summed E-state index contributed by atoms with van der Waals surface area (Å²) in [6, 6.07) is 10.3. The molecule has 3 rings (SSSR count). The molecule has 2 aliphatic rings. The second kappa shape index (κ2) is 7.58. The molecule has 2 aliphatic heterocycles. The van der Waals surface area contributed by atoms with Crippen molar-refractivity contribution >= 4 is 0 Å². The number of piperidine rings is 1. The van der Waals surface area contributed by atoms with Crippen molar-refractivity contribution in [2.45, 2.75) is 70.9 Å². The maximum Gasteiger partial charge on any atom is 0.0720 e. The molecule has 0 amide bonds. The lowest BCUT2D eigenvalue weighted by Crippen LogP contribution is -2.45. The lowest BCUT2D eigenvalue weighted by atomic mass is 9.97. The van der Waals surface area contributed by atoms with Gasteiger partial charge in [0.25, 0.3) is 0 Å². The first-order chi connectivity index (χ1) is 10.7. The van der Waals surface area contributed by atoms with Crippen molar-refractivity contribution in [1.82, 2.24) is 10.2 Å². The smallest absolute Gasteiger partial charge is 0.0720 e. The SMILES string of the molecule is CC(C)OCc1cccc(CN[C@@H]2CCN3CCC[C@H]3C2)c1. The van der Waals surface area contributed by atoms with Gasteiger partial charge in [0, 0.05) is 18.6 Å². The van der Waals surface area contributed by atoms with Crippen LogP contribution in [0.5, 0.6) is 0 Å². The van der Waals surface area contributed by atoms with Gasteiger partial charge >= 0.3 is 0 Å². The summed E-state index contributed by atoms with van der Waals surface area (Å²) < 4.78 is 5.70. The van der Waals surface area contributed by atoms with Crippen LogP contribution in [0.25, 0.3) is 0 Å². The summed E-state index contributed by atoms with van der Waals surface area (Å²) in [6.07, 6.45) is 5.72. The van der Waals surface area contributed by atoms with Crippen LogP contribution in [0, 0.1) is 0 Å². The quantitative estimate of drug-likeness (QED) is 0.872. The third-order valence-electron chi connectivity index (χ3n) is 4.99. The summed E-state index contributed by atoms with van der Waals surface area (Å²) >= 11 is 0. The topological polar surface area (TPSA) is 24.5 Å². The highest BCUT2D eigenvalue weighted by Crippen LogP contribution is 2.27. The Morgan fingerprint density at radius 3 is 2.95 bits per heavy atom. The molecule has 1 N–H and O–H groups in total. The van der Waals surface area contributed by atoms with Gasteiger partial charge in [-0.3, -0.25) is 0 Å². The zero-order valence-corrected chi connectivity index (χ0v) is 14.1. The molecule has 2 heterocycles. The van der Waals surface area contributed by atoms with Crippen molar-refractivity contribution in [3.8, 4) is 0 Å². The fourth-order valence-electron chi connectivity index (χ4n) is 3.76. The van der Waals surface area contributed by atoms with Crippen LogP contribution in [0.2, 0.25) is 0 Å². The first-order valence-corrected chi connectivity index (χ1v) is 8.87. The summed E-state index contributed by atoms with van der Waals surface area (Å²) in [5, 5.41) is 3.78. The van der Waals surface area contributed by atoms with E-state index in [0.29, 0.717) is 18.8 Å². The molecule has 3 heteroatoms. The third kappa shape index (κ3) is 4.31. The average molecular weight is 302 g/mol. The molecule has 2 saturated heterocycles. The molecule has 0 aliphatic carbocycles. The molecule has 0 spiro atoms. The van der Waals surface area contributed by atoms with Gasteiger partial charge in [0.05, 0.1) is 12.7 Å². The maximum atomic E-state index is 5.70. The predicted molar refractivity (Wildman–Crippen MR) is 90.8 cm³/mol. The Morgan fingerprint density at radius 1 is 1.23 bits per heavy atom. The van der Waals surface area contributed by atoms with E-state index in [0.717, 1.165) is 12.6 Å². The van der Waals surface area contributed by atoms with Gasteiger partial charge in [0.1, 0.15) is 0 Å². The number of benzene rings is 1. The fourth-order valence-corrected chi connectivity index (χ4v) is 3.76. The van der Waals surface area contributed by atoms with Gasteiger partial charge in [-0.25, -0.2) is 0 Å². The van der Waals surface area contributed by atoms with Gasteiger partial charge in [0.15, 0.2) is 0 Å². The van der Waals surface area contributed by atoms with Crippen molar-refractivity contribution in [2.24, 2.45) is 0 Å². The third-order valence-corrected chi connectivity index (χ3v) is 4.99. The maximum absolute atomic E-state index is 5.70. The van der Waals surface area contributed by atoms with Crippen LogP contribution >= 0.6 is 0 Å². The van der Waals surface area contributed by atoms with Crippen LogP contribution in [-0.2, 0) is 17.9 Å². The number of hydrogen-bond donors (Lipinski definition) is 1. The minimum Gasteiger partial charge on any atom is -0.374 e. The minimum absolute atomic E-state index is 0.290. The first kappa shape index (κ1) is 16.0. The van der Waals surface area contributed by atoms with Crippen LogP contribution in [0.3, 0.4) is 0 Å². The second-order valence-electron chi connectivity index (χ2n) is 7.11. The van der Waals surface area contributed by atoms with Crippen LogP contribution in [0.1, 0.15) is 50.7 Å². The van der Waals surface area contributed by atoms with E-state index < -0.39 is 0 Å². The molecule has 0 bridgehead atoms. The molecule has 2 fully saturated rings. The Morgan fingerprint density at radius 2 is 2.09 bits per heavy atom. The number of fused-ring (bicyclic) bond motifs is 1. The lowest BCUT2D eigenvalue weighted by molar-refractivity contribution is 0.0656. The summed E-state index contributed by atoms with van der Waals surface area (Å²) in [5.74, 6) is 0. The zero-order valence-electron chi connectivity index (χ0n) is 14.1. The average Bonchev–Trinajstić information content (AvgIpc) is 2.99. The van der Waals surface area contributed by atoms with E-state index in [4.69, 9.17) is 4.74 Å². The Balaban J connectivity index is 1.47. The molecule has 1 aromatic carbocycles. The van der Waals surface area contributed by atoms with Gasteiger partial charge in [-0.2, -0.15) is 0 Å². The molecule has 0 radical (unpaired) electrons. The molecule has 22 heavy (non-hydrogen) atoms. The van der Waals surface area contributed by atoms with Crippen LogP contribution in [-0.4, -0.2) is 36.2 Å². The number of nitrogens with zero attached hydrogens (tertiary/aromatic N) is 1. The number of nitrogens with one attached hydrogen (secondary N) is 1. The highest BCUT2D eigenvalue weighted by atomic mass is 16.5. The molecule has 1 aromatic rings. The lowest BCUT2D eigenvalue weighted by Gasteiger charge is -2.35. The van der Waals surface area contributed by atoms with Crippen molar-refractivity contribution in [1.29, 1.82) is 0 Å². The van der Waals surface area contributed by atoms with E-state index in [1.54, 1.807) is 0 Å². The van der Waals surface area contributed by atoms with Gasteiger partial charge in [-0.1, -0.05) is 24.3 Å². The van der Waals surface area contributed by atoms with Crippen molar-refractivity contribution in [3.05, 3.63) is 35.4 Å². The van der Waals surface area contributed by atoms with E-state index in [-0.39, 0.29) is 0 Å². The second-order valence-corrected chi connectivity index (χ2v) is 7.11. The van der Waals surface area contributed by atoms with E-state index in [9.17, 15) is 0 Å². The highest BCUT2D eigenvalue weighted by Gasteiger charge is 2.31. The number of rotatable bonds is 6. The van der Waals surface area contributed by atoms with Crippen molar-refractivity contribution in [3.63, 3.8) is 0 Å². The summed E-state index contributed by atoms with van der Waals surface area (Å²) in [7, 11) is 0. The van der Waals surface area contributed by atoms with E-state index in [1.165, 1.54) is 49.9 Å². The summed E-state index contributed by atoms with van der Waals surface area (Å²) in [6.45, 7) is 8.47. The molecule has 122 valence electrons. The summed E-state index contributed by atoms with van der Waals surface area (Å²) in [5.41, 5.74) is 2.65. The Hall–Kier alpha value is -0.900. The standard InChI is InChI=1S/C19H30N2O/c1-15(2)22-14-17-6-3-5-16(11-17)13-20-18-8-10-21-9-4-7-19(21)12-18/h3,5-6,11,15,18-20H,4,7-10,12-14H2,1-2H3/t18-,19+/m1/s1. The Labute approximate surface area is 135 Å². The van der Waals surface area contributed by atoms with Crippen LogP contribution in [0.15, 0.2) is 24.3 Å². The Kier molecular flexibility index (Phi) is 5.51. The molecule has 0 aromatic heterocycles. The highest BCUT2D eigenvalue weighted by molar-refractivity contribution is 5.23. The largest absolute Gasteiger partial charge is 0.374 e. The van der Waals surface area contributed by atoms with Gasteiger partial charge < -0.3 is 15.0 Å². The molecular formula is C19H30N2O. The number of ether oxygens (including phenoxy) is 1. The van der Waals surface area contributed by atoms with E-state index in [1.807, 2.05) is 0 Å². The monoisotopic (exact) mass is 302 g/mol. The van der Waals surface area contributed by atoms with E-state index in [2.05, 4.69) is 48.3 Å². The van der Waals surface area contributed by atoms with Gasteiger partial charge in [-0.05, 0) is 63.7 Å². The predicted octanol–water partition coefficient (Wildman–Crippen LogP) is 3.33. The molecule has 2 atom stereocenters. The van der Waals surface area contributed by atoms with Crippen molar-refractivity contribution < 1.29 is 4.74 Å². The molecule has 3 nitrogen and oxygen atoms in total. The minimum atomic E-state index is 0.290. The molecule has 0 unspecified atom stereocenters. The molecule has 0 saturated carbocycles. The van der Waals surface area contributed by atoms with E-state index >= 15 is 0 Å².